The third-order valence-corrected chi connectivity index (χ3v) is 4.61. The van der Waals surface area contributed by atoms with Gasteiger partial charge in [0.1, 0.15) is 16.5 Å². The molecular weight excluding hydrogens is 262 g/mol. The van der Waals surface area contributed by atoms with E-state index in [2.05, 4.69) is 14.7 Å². The van der Waals surface area contributed by atoms with Crippen molar-refractivity contribution in [3.63, 3.8) is 0 Å². The molecule has 2 aromatic heterocycles. The summed E-state index contributed by atoms with van der Waals surface area (Å²) in [5.74, 6) is 0.913. The molecule has 2 N–H and O–H groups in total. The number of anilines is 1. The minimum absolute atomic E-state index is 0.254. The van der Waals surface area contributed by atoms with Gasteiger partial charge in [0.25, 0.3) is 0 Å². The number of fused-ring (bicyclic) bond motifs is 3. The second-order valence-corrected chi connectivity index (χ2v) is 5.72. The first-order valence-corrected chi connectivity index (χ1v) is 7.14. The Morgan fingerprint density at radius 1 is 1.42 bits per heavy atom. The van der Waals surface area contributed by atoms with E-state index in [1.54, 1.807) is 11.3 Å². The van der Waals surface area contributed by atoms with E-state index in [1.807, 2.05) is 0 Å². The summed E-state index contributed by atoms with van der Waals surface area (Å²) in [7, 11) is 1.38. The zero-order chi connectivity index (χ0) is 13.4. The van der Waals surface area contributed by atoms with Crippen LogP contribution < -0.4 is 5.73 Å². The number of carbonyl (C=O) groups is 1. The van der Waals surface area contributed by atoms with Gasteiger partial charge in [-0.05, 0) is 24.8 Å². The highest BCUT2D eigenvalue weighted by Crippen LogP contribution is 2.38. The molecule has 0 bridgehead atoms. The van der Waals surface area contributed by atoms with Crippen molar-refractivity contribution < 1.29 is 9.53 Å². The molecule has 0 spiro atoms. The molecule has 0 radical (unpaired) electrons. The normalized spacial score (nSPS) is 13.7. The zero-order valence-corrected chi connectivity index (χ0v) is 11.5. The van der Waals surface area contributed by atoms with Crippen molar-refractivity contribution in [2.75, 3.05) is 12.8 Å². The first kappa shape index (κ1) is 12.3. The maximum absolute atomic E-state index is 11.1. The summed E-state index contributed by atoms with van der Waals surface area (Å²) in [6.07, 6.45) is 4.14. The first-order chi connectivity index (χ1) is 9.19. The van der Waals surface area contributed by atoms with E-state index in [0.29, 0.717) is 18.1 Å². The summed E-state index contributed by atoms with van der Waals surface area (Å²) in [5, 5.41) is 1.03. The van der Waals surface area contributed by atoms with Gasteiger partial charge in [0.15, 0.2) is 0 Å². The number of nitrogen functional groups attached to an aromatic ring is 1. The molecule has 19 heavy (non-hydrogen) atoms. The Kier molecular flexibility index (Phi) is 3.10. The van der Waals surface area contributed by atoms with Gasteiger partial charge in [0.2, 0.25) is 0 Å². The van der Waals surface area contributed by atoms with Crippen molar-refractivity contribution in [3.8, 4) is 0 Å². The molecule has 6 heteroatoms. The first-order valence-electron chi connectivity index (χ1n) is 6.32. The fourth-order valence-electron chi connectivity index (χ4n) is 2.50. The number of esters is 1. The molecule has 1 aliphatic carbocycles. The predicted octanol–water partition coefficient (Wildman–Crippen LogP) is 1.87. The van der Waals surface area contributed by atoms with Crippen molar-refractivity contribution in [1.29, 1.82) is 0 Å². The second-order valence-electron chi connectivity index (χ2n) is 4.64. The summed E-state index contributed by atoms with van der Waals surface area (Å²) in [6, 6.07) is 0. The van der Waals surface area contributed by atoms with Gasteiger partial charge in [-0.15, -0.1) is 11.3 Å². The number of methoxy groups -OCH3 is 1. The number of rotatable bonds is 3. The van der Waals surface area contributed by atoms with Crippen LogP contribution in [0.15, 0.2) is 0 Å². The van der Waals surface area contributed by atoms with Crippen molar-refractivity contribution in [2.45, 2.75) is 32.1 Å². The molecule has 5 nitrogen and oxygen atoms in total. The van der Waals surface area contributed by atoms with Gasteiger partial charge in [0, 0.05) is 11.3 Å². The number of ether oxygens (including phenoxy) is 1. The molecule has 0 atom stereocenters. The third-order valence-electron chi connectivity index (χ3n) is 3.42. The van der Waals surface area contributed by atoms with Crippen LogP contribution in [0.2, 0.25) is 0 Å². The van der Waals surface area contributed by atoms with Crippen LogP contribution in [0.3, 0.4) is 0 Å². The highest BCUT2D eigenvalue weighted by molar-refractivity contribution is 7.19. The third kappa shape index (κ3) is 2.16. The molecule has 0 unspecified atom stereocenters. The number of nitrogens with two attached hydrogens (primary N) is 1. The Balaban J connectivity index is 1.94. The van der Waals surface area contributed by atoms with Crippen molar-refractivity contribution in [1.82, 2.24) is 9.97 Å². The van der Waals surface area contributed by atoms with E-state index in [0.717, 1.165) is 23.1 Å². The van der Waals surface area contributed by atoms with Crippen LogP contribution in [-0.4, -0.2) is 23.0 Å². The van der Waals surface area contributed by atoms with Crippen molar-refractivity contribution in [3.05, 3.63) is 16.3 Å². The molecule has 100 valence electrons. The molecular formula is C13H15N3O2S. The maximum atomic E-state index is 11.1. The van der Waals surface area contributed by atoms with Gasteiger partial charge in [-0.1, -0.05) is 0 Å². The Hall–Kier alpha value is -1.69. The molecule has 0 saturated carbocycles. The lowest BCUT2D eigenvalue weighted by molar-refractivity contribution is -0.140. The van der Waals surface area contributed by atoms with Gasteiger partial charge in [-0.25, -0.2) is 9.97 Å². The monoisotopic (exact) mass is 277 g/mol. The van der Waals surface area contributed by atoms with E-state index in [4.69, 9.17) is 5.73 Å². The molecule has 0 aromatic carbocycles. The molecule has 0 fully saturated rings. The average Bonchev–Trinajstić information content (AvgIpc) is 2.95. The second kappa shape index (κ2) is 4.77. The quantitative estimate of drug-likeness (QED) is 0.866. The predicted molar refractivity (Wildman–Crippen MR) is 74.2 cm³/mol. The number of hydrogen-bond donors (Lipinski definition) is 1. The number of aryl methyl sites for hydroxylation is 3. The highest BCUT2D eigenvalue weighted by Gasteiger charge is 2.21. The van der Waals surface area contributed by atoms with E-state index < -0.39 is 0 Å². The number of hydrogen-bond acceptors (Lipinski definition) is 6. The lowest BCUT2D eigenvalue weighted by atomic mass is 10.2. The summed E-state index contributed by atoms with van der Waals surface area (Å²) in [6.45, 7) is 0. The number of thiophene rings is 1. The smallest absolute Gasteiger partial charge is 0.305 e. The fourth-order valence-corrected chi connectivity index (χ4v) is 3.79. The molecule has 0 amide bonds. The number of carbonyl (C=O) groups excluding carboxylic acids is 1. The topological polar surface area (TPSA) is 78.1 Å². The van der Waals surface area contributed by atoms with Gasteiger partial charge in [-0.3, -0.25) is 4.79 Å². The molecule has 2 heterocycles. The summed E-state index contributed by atoms with van der Waals surface area (Å²) >= 11 is 1.71. The SMILES string of the molecule is COC(=O)CCc1nc(N)c2c3c(sc2n1)CCC3. The average molecular weight is 277 g/mol. The molecule has 0 saturated heterocycles. The zero-order valence-electron chi connectivity index (χ0n) is 10.7. The lowest BCUT2D eigenvalue weighted by Gasteiger charge is -2.03. The van der Waals surface area contributed by atoms with Crippen LogP contribution >= 0.6 is 11.3 Å². The van der Waals surface area contributed by atoms with E-state index in [1.165, 1.54) is 24.0 Å². The Morgan fingerprint density at radius 2 is 2.26 bits per heavy atom. The standard InChI is InChI=1S/C13H15N3O2S/c1-18-10(17)6-5-9-15-12(14)11-7-3-2-4-8(7)19-13(11)16-9/h2-6H2,1H3,(H2,14,15,16). The molecule has 2 aromatic rings. The minimum atomic E-state index is -0.254. The summed E-state index contributed by atoms with van der Waals surface area (Å²) in [4.78, 5) is 22.3. The van der Waals surface area contributed by atoms with Crippen LogP contribution in [0.1, 0.15) is 29.1 Å². The number of aromatic nitrogens is 2. The van der Waals surface area contributed by atoms with Crippen LogP contribution in [0, 0.1) is 0 Å². The largest absolute Gasteiger partial charge is 0.469 e. The van der Waals surface area contributed by atoms with Gasteiger partial charge in [-0.2, -0.15) is 0 Å². The molecule has 1 aliphatic rings. The van der Waals surface area contributed by atoms with Crippen LogP contribution in [-0.2, 0) is 28.8 Å². The van der Waals surface area contributed by atoms with Gasteiger partial charge < -0.3 is 10.5 Å². The maximum Gasteiger partial charge on any atom is 0.305 e. The van der Waals surface area contributed by atoms with E-state index in [9.17, 15) is 4.79 Å². The number of nitrogens with zero attached hydrogens (tertiary/aromatic N) is 2. The molecule has 0 aliphatic heterocycles. The Bertz CT molecular complexity index is 651. The van der Waals surface area contributed by atoms with Crippen LogP contribution in [0.4, 0.5) is 5.82 Å². The van der Waals surface area contributed by atoms with E-state index in [-0.39, 0.29) is 12.4 Å². The van der Waals surface area contributed by atoms with E-state index >= 15 is 0 Å². The Morgan fingerprint density at radius 3 is 3.05 bits per heavy atom. The minimum Gasteiger partial charge on any atom is -0.469 e. The summed E-state index contributed by atoms with van der Waals surface area (Å²) < 4.78 is 4.62. The molecule has 3 rings (SSSR count). The van der Waals surface area contributed by atoms with Crippen LogP contribution in [0.5, 0.6) is 0 Å². The van der Waals surface area contributed by atoms with Crippen molar-refractivity contribution >= 4 is 33.3 Å². The van der Waals surface area contributed by atoms with Crippen LogP contribution in [0.25, 0.3) is 10.2 Å². The van der Waals surface area contributed by atoms with Gasteiger partial charge in [0.05, 0.1) is 18.9 Å². The van der Waals surface area contributed by atoms with Gasteiger partial charge >= 0.3 is 5.97 Å². The Labute approximate surface area is 114 Å². The highest BCUT2D eigenvalue weighted by atomic mass is 32.1. The fraction of sp³-hybridized carbons (Fsp3) is 0.462. The lowest BCUT2D eigenvalue weighted by Crippen LogP contribution is -2.06. The summed E-state index contributed by atoms with van der Waals surface area (Å²) in [5.41, 5.74) is 7.38. The van der Waals surface area contributed by atoms with Crippen molar-refractivity contribution in [2.24, 2.45) is 0 Å².